The standard InChI is InChI=1S/C14H7F2N3/c15-12-5-10(8-18)6-13(16)14(12)19-11-3-1-2-9(4-11)7-17/h1-6,19H. The van der Waals surface area contributed by atoms with Gasteiger partial charge in [0.15, 0.2) is 11.6 Å². The summed E-state index contributed by atoms with van der Waals surface area (Å²) in [5, 5.41) is 19.9. The van der Waals surface area contributed by atoms with Gasteiger partial charge in [0.1, 0.15) is 5.69 Å². The maximum absolute atomic E-state index is 13.6. The van der Waals surface area contributed by atoms with E-state index in [9.17, 15) is 8.78 Å². The van der Waals surface area contributed by atoms with Crippen LogP contribution in [0.25, 0.3) is 0 Å². The molecule has 0 aromatic heterocycles. The molecule has 0 saturated heterocycles. The van der Waals surface area contributed by atoms with E-state index in [1.54, 1.807) is 24.3 Å². The van der Waals surface area contributed by atoms with Crippen LogP contribution >= 0.6 is 0 Å². The van der Waals surface area contributed by atoms with Crippen molar-refractivity contribution in [1.29, 1.82) is 10.5 Å². The molecule has 92 valence electrons. The molecule has 1 N–H and O–H groups in total. The monoisotopic (exact) mass is 255 g/mol. The number of halogens is 2. The first-order valence-electron chi connectivity index (χ1n) is 5.30. The lowest BCUT2D eigenvalue weighted by Crippen LogP contribution is -1.98. The molecule has 19 heavy (non-hydrogen) atoms. The third kappa shape index (κ3) is 2.67. The zero-order valence-electron chi connectivity index (χ0n) is 9.61. The van der Waals surface area contributed by atoms with E-state index in [0.717, 1.165) is 12.1 Å². The smallest absolute Gasteiger partial charge is 0.150 e. The van der Waals surface area contributed by atoms with Crippen molar-refractivity contribution in [2.75, 3.05) is 5.32 Å². The van der Waals surface area contributed by atoms with Crippen molar-refractivity contribution < 1.29 is 8.78 Å². The van der Waals surface area contributed by atoms with Gasteiger partial charge in [-0.1, -0.05) is 6.07 Å². The van der Waals surface area contributed by atoms with Gasteiger partial charge in [0.05, 0.1) is 23.3 Å². The van der Waals surface area contributed by atoms with E-state index in [1.165, 1.54) is 6.07 Å². The molecule has 3 nitrogen and oxygen atoms in total. The van der Waals surface area contributed by atoms with Gasteiger partial charge in [0.25, 0.3) is 0 Å². The molecule has 0 aliphatic heterocycles. The van der Waals surface area contributed by atoms with Crippen LogP contribution < -0.4 is 5.32 Å². The van der Waals surface area contributed by atoms with Gasteiger partial charge in [-0.2, -0.15) is 10.5 Å². The van der Waals surface area contributed by atoms with Gasteiger partial charge >= 0.3 is 0 Å². The molecule has 0 aliphatic carbocycles. The van der Waals surface area contributed by atoms with Crippen molar-refractivity contribution in [3.8, 4) is 12.1 Å². The second-order valence-corrected chi connectivity index (χ2v) is 3.74. The van der Waals surface area contributed by atoms with Gasteiger partial charge in [-0.15, -0.1) is 0 Å². The molecule has 0 aliphatic rings. The summed E-state index contributed by atoms with van der Waals surface area (Å²) in [7, 11) is 0. The summed E-state index contributed by atoms with van der Waals surface area (Å²) in [5.41, 5.74) is 0.321. The van der Waals surface area contributed by atoms with Crippen LogP contribution in [0.4, 0.5) is 20.2 Å². The normalized spacial score (nSPS) is 9.47. The number of hydrogen-bond acceptors (Lipinski definition) is 3. The molecule has 0 atom stereocenters. The van der Waals surface area contributed by atoms with Crippen molar-refractivity contribution >= 4 is 11.4 Å². The predicted octanol–water partition coefficient (Wildman–Crippen LogP) is 3.45. The van der Waals surface area contributed by atoms with E-state index < -0.39 is 11.6 Å². The van der Waals surface area contributed by atoms with Crippen LogP contribution in [0, 0.1) is 34.3 Å². The fourth-order valence-electron chi connectivity index (χ4n) is 1.57. The van der Waals surface area contributed by atoms with E-state index >= 15 is 0 Å². The van der Waals surface area contributed by atoms with Gasteiger partial charge in [0.2, 0.25) is 0 Å². The molecule has 0 fully saturated rings. The van der Waals surface area contributed by atoms with Crippen LogP contribution in [0.2, 0.25) is 0 Å². The van der Waals surface area contributed by atoms with Crippen molar-refractivity contribution in [2.45, 2.75) is 0 Å². The van der Waals surface area contributed by atoms with E-state index in [2.05, 4.69) is 5.32 Å². The van der Waals surface area contributed by atoms with Crippen LogP contribution in [0.1, 0.15) is 11.1 Å². The highest BCUT2D eigenvalue weighted by atomic mass is 19.1. The minimum absolute atomic E-state index is 0.0914. The zero-order chi connectivity index (χ0) is 13.8. The number of anilines is 2. The van der Waals surface area contributed by atoms with E-state index in [4.69, 9.17) is 10.5 Å². The van der Waals surface area contributed by atoms with Crippen molar-refractivity contribution in [2.24, 2.45) is 0 Å². The highest BCUT2D eigenvalue weighted by Gasteiger charge is 2.11. The van der Waals surface area contributed by atoms with Crippen molar-refractivity contribution in [1.82, 2.24) is 0 Å². The SMILES string of the molecule is N#Cc1cccc(Nc2c(F)cc(C#N)cc2F)c1. The van der Waals surface area contributed by atoms with Crippen LogP contribution in [-0.4, -0.2) is 0 Å². The molecule has 0 saturated carbocycles. The first-order chi connectivity index (χ1) is 9.13. The van der Waals surface area contributed by atoms with Gasteiger partial charge < -0.3 is 5.32 Å². The summed E-state index contributed by atoms with van der Waals surface area (Å²) in [5.74, 6) is -1.72. The van der Waals surface area contributed by atoms with Gasteiger partial charge in [-0.3, -0.25) is 0 Å². The number of nitrogens with zero attached hydrogens (tertiary/aromatic N) is 2. The topological polar surface area (TPSA) is 59.6 Å². The molecular weight excluding hydrogens is 248 g/mol. The lowest BCUT2D eigenvalue weighted by molar-refractivity contribution is 0.590. The Bertz CT molecular complexity index is 688. The molecule has 0 amide bonds. The molecule has 0 unspecified atom stereocenters. The number of rotatable bonds is 2. The molecule has 0 spiro atoms. The second-order valence-electron chi connectivity index (χ2n) is 3.74. The summed E-state index contributed by atoms with van der Waals surface area (Å²) < 4.78 is 27.3. The minimum Gasteiger partial charge on any atom is -0.351 e. The van der Waals surface area contributed by atoms with E-state index in [1.807, 2.05) is 6.07 Å². The van der Waals surface area contributed by atoms with Gasteiger partial charge in [-0.05, 0) is 30.3 Å². The molecule has 2 aromatic rings. The summed E-state index contributed by atoms with van der Waals surface area (Å²) in [6, 6.07) is 11.7. The highest BCUT2D eigenvalue weighted by Crippen LogP contribution is 2.25. The van der Waals surface area contributed by atoms with Crippen LogP contribution in [0.5, 0.6) is 0 Å². The van der Waals surface area contributed by atoms with E-state index in [0.29, 0.717) is 11.3 Å². The molecule has 5 heteroatoms. The first-order valence-corrected chi connectivity index (χ1v) is 5.30. The second kappa shape index (κ2) is 5.16. The average molecular weight is 255 g/mol. The number of benzene rings is 2. The van der Waals surface area contributed by atoms with Crippen molar-refractivity contribution in [3.05, 3.63) is 59.2 Å². The number of nitriles is 2. The van der Waals surface area contributed by atoms with Gasteiger partial charge in [0, 0.05) is 5.69 Å². The Morgan fingerprint density at radius 1 is 0.895 bits per heavy atom. The fraction of sp³-hybridized carbons (Fsp3) is 0. The lowest BCUT2D eigenvalue weighted by atomic mass is 10.1. The average Bonchev–Trinajstić information content (AvgIpc) is 2.42. The molecule has 2 rings (SSSR count). The lowest BCUT2D eigenvalue weighted by Gasteiger charge is -2.09. The molecule has 2 aromatic carbocycles. The first kappa shape index (κ1) is 12.5. The number of nitrogens with one attached hydrogen (secondary N) is 1. The Labute approximate surface area is 108 Å². The molecular formula is C14H7F2N3. The van der Waals surface area contributed by atoms with E-state index in [-0.39, 0.29) is 11.3 Å². The quantitative estimate of drug-likeness (QED) is 0.894. The third-order valence-corrected chi connectivity index (χ3v) is 2.43. The summed E-state index contributed by atoms with van der Waals surface area (Å²) >= 11 is 0. The number of hydrogen-bond donors (Lipinski definition) is 1. The zero-order valence-corrected chi connectivity index (χ0v) is 9.61. The predicted molar refractivity (Wildman–Crippen MR) is 65.5 cm³/mol. The Balaban J connectivity index is 2.39. The van der Waals surface area contributed by atoms with Crippen LogP contribution in [0.3, 0.4) is 0 Å². The Kier molecular flexibility index (Phi) is 3.40. The molecule has 0 bridgehead atoms. The van der Waals surface area contributed by atoms with Crippen LogP contribution in [-0.2, 0) is 0 Å². The van der Waals surface area contributed by atoms with Gasteiger partial charge in [-0.25, -0.2) is 8.78 Å². The summed E-state index contributed by atoms with van der Waals surface area (Å²) in [6.07, 6.45) is 0. The fourth-order valence-corrected chi connectivity index (χ4v) is 1.57. The maximum Gasteiger partial charge on any atom is 0.150 e. The van der Waals surface area contributed by atoms with Crippen molar-refractivity contribution in [3.63, 3.8) is 0 Å². The molecule has 0 radical (unpaired) electrons. The summed E-state index contributed by atoms with van der Waals surface area (Å²) in [4.78, 5) is 0. The maximum atomic E-state index is 13.6. The minimum atomic E-state index is -0.862. The molecule has 0 heterocycles. The summed E-state index contributed by atoms with van der Waals surface area (Å²) in [6.45, 7) is 0. The Morgan fingerprint density at radius 2 is 1.53 bits per heavy atom. The Hall–Kier alpha value is -2.92. The Morgan fingerprint density at radius 3 is 2.11 bits per heavy atom. The van der Waals surface area contributed by atoms with Crippen LogP contribution in [0.15, 0.2) is 36.4 Å². The largest absolute Gasteiger partial charge is 0.351 e. The third-order valence-electron chi connectivity index (χ3n) is 2.43. The highest BCUT2D eigenvalue weighted by molar-refractivity contribution is 5.63.